The number of sulfonamides is 1. The third kappa shape index (κ3) is 4.47. The smallest absolute Gasteiger partial charge is 0.213 e. The first-order chi connectivity index (χ1) is 11.3. The summed E-state index contributed by atoms with van der Waals surface area (Å²) in [5.41, 5.74) is 1.07. The van der Waals surface area contributed by atoms with Crippen LogP contribution in [-0.2, 0) is 10.0 Å². The molecule has 0 amide bonds. The molecule has 0 fully saturated rings. The SMILES string of the molecule is CC(CNS(=O)(=O)C(C)C)c1ccc2cc(OCC#N)ccc2c1. The summed E-state index contributed by atoms with van der Waals surface area (Å²) in [5.74, 6) is 0.729. The Bertz CT molecular complexity index is 854. The molecule has 0 saturated carbocycles. The number of fused-ring (bicyclic) bond motifs is 1. The number of nitrogens with zero attached hydrogens (tertiary/aromatic N) is 1. The van der Waals surface area contributed by atoms with Gasteiger partial charge in [-0.1, -0.05) is 31.2 Å². The van der Waals surface area contributed by atoms with Crippen LogP contribution in [0, 0.1) is 11.3 Å². The van der Waals surface area contributed by atoms with Gasteiger partial charge in [0.2, 0.25) is 10.0 Å². The van der Waals surface area contributed by atoms with E-state index in [1.807, 2.05) is 43.3 Å². The van der Waals surface area contributed by atoms with Gasteiger partial charge in [-0.2, -0.15) is 5.26 Å². The molecule has 0 bridgehead atoms. The van der Waals surface area contributed by atoms with Crippen LogP contribution in [0.15, 0.2) is 36.4 Å². The van der Waals surface area contributed by atoms with Gasteiger partial charge >= 0.3 is 0 Å². The van der Waals surface area contributed by atoms with Crippen LogP contribution in [0.5, 0.6) is 5.75 Å². The van der Waals surface area contributed by atoms with Gasteiger partial charge in [-0.05, 0) is 48.2 Å². The van der Waals surface area contributed by atoms with E-state index in [4.69, 9.17) is 10.00 Å². The summed E-state index contributed by atoms with van der Waals surface area (Å²) in [6.07, 6.45) is 0. The molecular formula is C18H22N2O3S. The van der Waals surface area contributed by atoms with E-state index in [9.17, 15) is 8.42 Å². The van der Waals surface area contributed by atoms with Crippen molar-refractivity contribution in [3.8, 4) is 11.8 Å². The molecule has 0 aliphatic heterocycles. The number of ether oxygens (including phenoxy) is 1. The van der Waals surface area contributed by atoms with Crippen molar-refractivity contribution in [2.75, 3.05) is 13.2 Å². The summed E-state index contributed by atoms with van der Waals surface area (Å²) in [6.45, 7) is 5.71. The fourth-order valence-electron chi connectivity index (χ4n) is 2.28. The number of rotatable bonds is 7. The van der Waals surface area contributed by atoms with Gasteiger partial charge in [-0.25, -0.2) is 13.1 Å². The molecule has 1 N–H and O–H groups in total. The fraction of sp³-hybridized carbons (Fsp3) is 0.389. The van der Waals surface area contributed by atoms with E-state index in [0.717, 1.165) is 16.3 Å². The van der Waals surface area contributed by atoms with E-state index in [1.165, 1.54) is 0 Å². The van der Waals surface area contributed by atoms with Gasteiger partial charge in [0, 0.05) is 6.54 Å². The topological polar surface area (TPSA) is 79.2 Å². The first-order valence-electron chi connectivity index (χ1n) is 7.85. The molecule has 24 heavy (non-hydrogen) atoms. The van der Waals surface area contributed by atoms with Crippen molar-refractivity contribution >= 4 is 20.8 Å². The fourth-order valence-corrected chi connectivity index (χ4v) is 3.10. The van der Waals surface area contributed by atoms with Gasteiger partial charge in [0.1, 0.15) is 11.8 Å². The van der Waals surface area contributed by atoms with Crippen LogP contribution < -0.4 is 9.46 Å². The van der Waals surface area contributed by atoms with Gasteiger partial charge in [-0.15, -0.1) is 0 Å². The molecule has 2 aromatic rings. The van der Waals surface area contributed by atoms with E-state index in [1.54, 1.807) is 13.8 Å². The zero-order chi connectivity index (χ0) is 17.7. The Morgan fingerprint density at radius 1 is 1.12 bits per heavy atom. The minimum absolute atomic E-state index is 0.0244. The van der Waals surface area contributed by atoms with Crippen LogP contribution in [0.1, 0.15) is 32.3 Å². The van der Waals surface area contributed by atoms with Crippen LogP contribution in [-0.4, -0.2) is 26.8 Å². The highest BCUT2D eigenvalue weighted by Crippen LogP contribution is 2.25. The number of benzene rings is 2. The molecule has 0 radical (unpaired) electrons. The van der Waals surface area contributed by atoms with E-state index < -0.39 is 15.3 Å². The van der Waals surface area contributed by atoms with Gasteiger partial charge in [0.15, 0.2) is 6.61 Å². The number of hydrogen-bond donors (Lipinski definition) is 1. The summed E-state index contributed by atoms with van der Waals surface area (Å²) in [5, 5.41) is 10.2. The maximum Gasteiger partial charge on any atom is 0.213 e. The largest absolute Gasteiger partial charge is 0.479 e. The summed E-state index contributed by atoms with van der Waals surface area (Å²) in [7, 11) is -3.25. The van der Waals surface area contributed by atoms with Crippen LogP contribution in [0.4, 0.5) is 0 Å². The highest BCUT2D eigenvalue weighted by Gasteiger charge is 2.17. The Morgan fingerprint density at radius 2 is 1.79 bits per heavy atom. The highest BCUT2D eigenvalue weighted by molar-refractivity contribution is 7.90. The normalized spacial score (nSPS) is 13.0. The Kier molecular flexibility index (Phi) is 5.81. The average Bonchev–Trinajstić information content (AvgIpc) is 2.57. The lowest BCUT2D eigenvalue weighted by atomic mass is 9.98. The Morgan fingerprint density at radius 3 is 2.46 bits per heavy atom. The summed E-state index contributed by atoms with van der Waals surface area (Å²) < 4.78 is 31.7. The number of nitriles is 1. The molecule has 0 aliphatic rings. The molecule has 2 aromatic carbocycles. The number of hydrogen-bond acceptors (Lipinski definition) is 4. The molecule has 0 aromatic heterocycles. The van der Waals surface area contributed by atoms with Gasteiger partial charge < -0.3 is 4.74 Å². The molecular weight excluding hydrogens is 324 g/mol. The zero-order valence-corrected chi connectivity index (χ0v) is 14.9. The van der Waals surface area contributed by atoms with Crippen molar-refractivity contribution in [3.63, 3.8) is 0 Å². The van der Waals surface area contributed by atoms with Crippen molar-refractivity contribution in [2.24, 2.45) is 0 Å². The third-order valence-corrected chi connectivity index (χ3v) is 5.73. The Balaban J connectivity index is 2.14. The van der Waals surface area contributed by atoms with Crippen LogP contribution >= 0.6 is 0 Å². The van der Waals surface area contributed by atoms with Crippen LogP contribution in [0.3, 0.4) is 0 Å². The zero-order valence-electron chi connectivity index (χ0n) is 14.1. The molecule has 1 atom stereocenters. The lowest BCUT2D eigenvalue weighted by Crippen LogP contribution is -2.33. The lowest BCUT2D eigenvalue weighted by molar-refractivity contribution is 0.368. The highest BCUT2D eigenvalue weighted by atomic mass is 32.2. The average molecular weight is 346 g/mol. The molecule has 2 rings (SSSR count). The molecule has 0 spiro atoms. The van der Waals surface area contributed by atoms with E-state index in [-0.39, 0.29) is 12.5 Å². The molecule has 1 unspecified atom stereocenters. The van der Waals surface area contributed by atoms with Crippen LogP contribution in [0.2, 0.25) is 0 Å². The number of nitrogens with one attached hydrogen (secondary N) is 1. The molecule has 0 heterocycles. The molecule has 5 nitrogen and oxygen atoms in total. The monoisotopic (exact) mass is 346 g/mol. The van der Waals surface area contributed by atoms with Crippen LogP contribution in [0.25, 0.3) is 10.8 Å². The van der Waals surface area contributed by atoms with Crippen molar-refractivity contribution in [3.05, 3.63) is 42.0 Å². The molecule has 6 heteroatoms. The standard InChI is InChI=1S/C18H22N2O3S/c1-13(2)24(21,22)20-12-14(3)15-4-5-17-11-18(23-9-8-19)7-6-16(17)10-15/h4-7,10-11,13-14,20H,9,12H2,1-3H3. The van der Waals surface area contributed by atoms with E-state index >= 15 is 0 Å². The predicted octanol–water partition coefficient (Wildman–Crippen LogP) is 3.17. The van der Waals surface area contributed by atoms with Gasteiger partial charge in [0.05, 0.1) is 5.25 Å². The minimum atomic E-state index is -3.25. The van der Waals surface area contributed by atoms with Gasteiger partial charge in [0.25, 0.3) is 0 Å². The molecule has 128 valence electrons. The third-order valence-electron chi connectivity index (χ3n) is 3.92. The molecule has 0 saturated heterocycles. The second kappa shape index (κ2) is 7.65. The maximum absolute atomic E-state index is 11.9. The van der Waals surface area contributed by atoms with Crippen molar-refractivity contribution < 1.29 is 13.2 Å². The van der Waals surface area contributed by atoms with Crippen molar-refractivity contribution in [1.29, 1.82) is 5.26 Å². The van der Waals surface area contributed by atoms with Crippen molar-refractivity contribution in [2.45, 2.75) is 31.9 Å². The minimum Gasteiger partial charge on any atom is -0.479 e. The van der Waals surface area contributed by atoms with Crippen molar-refractivity contribution in [1.82, 2.24) is 4.72 Å². The molecule has 0 aliphatic carbocycles. The second-order valence-electron chi connectivity index (χ2n) is 6.06. The Labute approximate surface area is 143 Å². The summed E-state index contributed by atoms with van der Waals surface area (Å²) in [6, 6.07) is 13.6. The predicted molar refractivity (Wildman–Crippen MR) is 95.5 cm³/mol. The van der Waals surface area contributed by atoms with E-state index in [0.29, 0.717) is 12.3 Å². The Hall–Kier alpha value is -2.10. The maximum atomic E-state index is 11.9. The van der Waals surface area contributed by atoms with Gasteiger partial charge in [-0.3, -0.25) is 0 Å². The lowest BCUT2D eigenvalue weighted by Gasteiger charge is -2.16. The van der Waals surface area contributed by atoms with E-state index in [2.05, 4.69) is 10.8 Å². The second-order valence-corrected chi connectivity index (χ2v) is 8.38. The first-order valence-corrected chi connectivity index (χ1v) is 9.40. The quantitative estimate of drug-likeness (QED) is 0.835. The summed E-state index contributed by atoms with van der Waals surface area (Å²) in [4.78, 5) is 0. The first kappa shape index (κ1) is 18.2. The summed E-state index contributed by atoms with van der Waals surface area (Å²) >= 11 is 0.